The molecule has 2 aromatic heterocycles. The van der Waals surface area contributed by atoms with Crippen molar-refractivity contribution in [3.05, 3.63) is 41.9 Å². The Morgan fingerprint density at radius 3 is 2.93 bits per heavy atom. The van der Waals surface area contributed by atoms with Gasteiger partial charge in [0, 0.05) is 19.6 Å². The number of nitrogens with one attached hydrogen (secondary N) is 1. The molecular weight excluding hydrogens is 382 g/mol. The van der Waals surface area contributed by atoms with Crippen LogP contribution >= 0.6 is 0 Å². The summed E-state index contributed by atoms with van der Waals surface area (Å²) in [4.78, 5) is 23.5. The highest BCUT2D eigenvalue weighted by Crippen LogP contribution is 2.29. The third-order valence-electron chi connectivity index (χ3n) is 5.46. The largest absolute Gasteiger partial charge is 0.494 e. The molecule has 0 radical (unpaired) electrons. The minimum absolute atomic E-state index is 0.0655. The maximum Gasteiger partial charge on any atom is 0.263 e. The summed E-state index contributed by atoms with van der Waals surface area (Å²) in [6.45, 7) is 6.61. The van der Waals surface area contributed by atoms with Gasteiger partial charge in [-0.1, -0.05) is 17.3 Å². The first-order chi connectivity index (χ1) is 14.7. The molecule has 1 aliphatic heterocycles. The van der Waals surface area contributed by atoms with Crippen molar-refractivity contribution in [2.45, 2.75) is 33.1 Å². The summed E-state index contributed by atoms with van der Waals surface area (Å²) >= 11 is 0. The molecule has 0 spiro atoms. The molecule has 1 amide bonds. The van der Waals surface area contributed by atoms with Gasteiger partial charge in [-0.3, -0.25) is 4.79 Å². The highest BCUT2D eigenvalue weighted by atomic mass is 16.5. The van der Waals surface area contributed by atoms with Crippen LogP contribution in [0.1, 0.15) is 31.0 Å². The van der Waals surface area contributed by atoms with E-state index in [1.54, 1.807) is 0 Å². The fourth-order valence-corrected chi connectivity index (χ4v) is 3.92. The van der Waals surface area contributed by atoms with Gasteiger partial charge in [-0.05, 0) is 50.8 Å². The highest BCUT2D eigenvalue weighted by molar-refractivity contribution is 5.88. The monoisotopic (exact) mass is 409 g/mol. The van der Waals surface area contributed by atoms with Crippen molar-refractivity contribution in [1.82, 2.24) is 20.4 Å². The van der Waals surface area contributed by atoms with Crippen LogP contribution in [0.15, 0.2) is 35.1 Å². The number of aromatic nitrogens is 3. The van der Waals surface area contributed by atoms with Crippen LogP contribution in [0.25, 0.3) is 11.1 Å². The Balaban J connectivity index is 1.34. The summed E-state index contributed by atoms with van der Waals surface area (Å²) in [5.41, 5.74) is 2.43. The van der Waals surface area contributed by atoms with E-state index in [-0.39, 0.29) is 11.8 Å². The quantitative estimate of drug-likeness (QED) is 0.641. The number of hydrogen-bond donors (Lipinski definition) is 1. The van der Waals surface area contributed by atoms with E-state index in [9.17, 15) is 4.79 Å². The van der Waals surface area contributed by atoms with Gasteiger partial charge in [0.1, 0.15) is 23.3 Å². The molecule has 1 aromatic carbocycles. The number of benzene rings is 1. The maximum atomic E-state index is 12.8. The number of anilines is 1. The van der Waals surface area contributed by atoms with Gasteiger partial charge in [0.15, 0.2) is 0 Å². The summed E-state index contributed by atoms with van der Waals surface area (Å²) in [6, 6.07) is 8.02. The van der Waals surface area contributed by atoms with Crippen molar-refractivity contribution >= 4 is 22.8 Å². The van der Waals surface area contributed by atoms with Crippen LogP contribution in [0.3, 0.4) is 0 Å². The topological polar surface area (TPSA) is 93.4 Å². The average Bonchev–Trinajstić information content (AvgIpc) is 3.16. The predicted octanol–water partition coefficient (Wildman–Crippen LogP) is 2.90. The molecule has 1 aliphatic rings. The second-order valence-electron chi connectivity index (χ2n) is 7.55. The van der Waals surface area contributed by atoms with Crippen molar-refractivity contribution in [1.29, 1.82) is 0 Å². The Kier molecular flexibility index (Phi) is 6.11. The Bertz CT molecular complexity index is 1000. The van der Waals surface area contributed by atoms with Gasteiger partial charge in [0.2, 0.25) is 5.91 Å². The van der Waals surface area contributed by atoms with Crippen LogP contribution in [0.5, 0.6) is 5.75 Å². The molecule has 30 heavy (non-hydrogen) atoms. The molecule has 8 nitrogen and oxygen atoms in total. The van der Waals surface area contributed by atoms with Crippen LogP contribution in [0.2, 0.25) is 0 Å². The van der Waals surface area contributed by atoms with Gasteiger partial charge < -0.3 is 19.5 Å². The Hall–Kier alpha value is -3.16. The third kappa shape index (κ3) is 4.37. The van der Waals surface area contributed by atoms with E-state index in [2.05, 4.69) is 25.3 Å². The fourth-order valence-electron chi connectivity index (χ4n) is 3.92. The maximum absolute atomic E-state index is 12.8. The first-order valence-corrected chi connectivity index (χ1v) is 10.5. The molecule has 1 fully saturated rings. The first-order valence-electron chi connectivity index (χ1n) is 10.5. The third-order valence-corrected chi connectivity index (χ3v) is 5.46. The molecular formula is C22H27N5O3. The van der Waals surface area contributed by atoms with Crippen LogP contribution < -0.4 is 15.0 Å². The second kappa shape index (κ2) is 9.11. The molecule has 1 saturated heterocycles. The van der Waals surface area contributed by atoms with Crippen molar-refractivity contribution in [3.8, 4) is 5.75 Å². The number of nitrogens with zero attached hydrogens (tertiary/aromatic N) is 4. The SMILES string of the molecule is CCOc1ccc(CCNC(=O)C2CCCN(c3ncnc4onc(C)c34)C2)cc1. The zero-order valence-electron chi connectivity index (χ0n) is 17.4. The summed E-state index contributed by atoms with van der Waals surface area (Å²) in [7, 11) is 0. The van der Waals surface area contributed by atoms with Gasteiger partial charge in [-0.2, -0.15) is 4.98 Å². The number of piperidine rings is 1. The number of aryl methyl sites for hydroxylation is 1. The Labute approximate surface area is 175 Å². The van der Waals surface area contributed by atoms with Gasteiger partial charge in [-0.15, -0.1) is 0 Å². The lowest BCUT2D eigenvalue weighted by Crippen LogP contribution is -2.43. The predicted molar refractivity (Wildman–Crippen MR) is 114 cm³/mol. The molecule has 1 atom stereocenters. The smallest absolute Gasteiger partial charge is 0.263 e. The molecule has 1 unspecified atom stereocenters. The van der Waals surface area contributed by atoms with Crippen molar-refractivity contribution in [2.24, 2.45) is 5.92 Å². The van der Waals surface area contributed by atoms with Crippen LogP contribution in [-0.4, -0.2) is 47.3 Å². The minimum atomic E-state index is -0.0655. The lowest BCUT2D eigenvalue weighted by Gasteiger charge is -2.33. The van der Waals surface area contributed by atoms with E-state index in [4.69, 9.17) is 9.26 Å². The van der Waals surface area contributed by atoms with E-state index in [1.807, 2.05) is 38.1 Å². The van der Waals surface area contributed by atoms with E-state index in [0.29, 0.717) is 25.4 Å². The number of carbonyl (C=O) groups is 1. The van der Waals surface area contributed by atoms with Crippen LogP contribution in [0, 0.1) is 12.8 Å². The number of rotatable bonds is 7. The standard InChI is InChI=1S/C22H27N5O3/c1-3-29-18-8-6-16(7-9-18)10-11-23-21(28)17-5-4-12-27(13-17)20-19-15(2)26-30-22(19)25-14-24-20/h6-9,14,17H,3-5,10-13H2,1-2H3,(H,23,28). The summed E-state index contributed by atoms with van der Waals surface area (Å²) < 4.78 is 10.7. The van der Waals surface area contributed by atoms with E-state index in [0.717, 1.165) is 48.5 Å². The van der Waals surface area contributed by atoms with Gasteiger partial charge >= 0.3 is 0 Å². The number of amides is 1. The van der Waals surface area contributed by atoms with Gasteiger partial charge in [0.05, 0.1) is 18.2 Å². The molecule has 0 saturated carbocycles. The number of fused-ring (bicyclic) bond motifs is 1. The zero-order chi connectivity index (χ0) is 20.9. The summed E-state index contributed by atoms with van der Waals surface area (Å²) in [6.07, 6.45) is 4.10. The normalized spacial score (nSPS) is 16.6. The summed E-state index contributed by atoms with van der Waals surface area (Å²) in [5, 5.41) is 7.92. The van der Waals surface area contributed by atoms with Crippen molar-refractivity contribution in [2.75, 3.05) is 31.1 Å². The average molecular weight is 409 g/mol. The van der Waals surface area contributed by atoms with Gasteiger partial charge in [-0.25, -0.2) is 4.98 Å². The van der Waals surface area contributed by atoms with Crippen LogP contribution in [-0.2, 0) is 11.2 Å². The second-order valence-corrected chi connectivity index (χ2v) is 7.55. The van der Waals surface area contributed by atoms with E-state index in [1.165, 1.54) is 11.9 Å². The lowest BCUT2D eigenvalue weighted by molar-refractivity contribution is -0.125. The fraction of sp³-hybridized carbons (Fsp3) is 0.455. The number of ether oxygens (including phenoxy) is 1. The first kappa shape index (κ1) is 20.1. The molecule has 3 aromatic rings. The molecule has 4 rings (SSSR count). The van der Waals surface area contributed by atoms with E-state index >= 15 is 0 Å². The van der Waals surface area contributed by atoms with Gasteiger partial charge in [0.25, 0.3) is 5.71 Å². The number of carbonyl (C=O) groups excluding carboxylic acids is 1. The molecule has 1 N–H and O–H groups in total. The molecule has 0 aliphatic carbocycles. The van der Waals surface area contributed by atoms with E-state index < -0.39 is 0 Å². The minimum Gasteiger partial charge on any atom is -0.494 e. The Morgan fingerprint density at radius 1 is 1.30 bits per heavy atom. The molecule has 0 bridgehead atoms. The molecule has 8 heteroatoms. The molecule has 158 valence electrons. The Morgan fingerprint density at radius 2 is 2.13 bits per heavy atom. The summed E-state index contributed by atoms with van der Waals surface area (Å²) in [5.74, 6) is 1.70. The van der Waals surface area contributed by atoms with Crippen molar-refractivity contribution < 1.29 is 14.1 Å². The van der Waals surface area contributed by atoms with Crippen molar-refractivity contribution in [3.63, 3.8) is 0 Å². The molecule has 3 heterocycles. The zero-order valence-corrected chi connectivity index (χ0v) is 17.4. The number of hydrogen-bond acceptors (Lipinski definition) is 7. The highest BCUT2D eigenvalue weighted by Gasteiger charge is 2.28. The van der Waals surface area contributed by atoms with Crippen LogP contribution in [0.4, 0.5) is 5.82 Å². The lowest BCUT2D eigenvalue weighted by atomic mass is 9.96.